The molecule has 3 amide bonds. The monoisotopic (exact) mass is 534 g/mol. The zero-order chi connectivity index (χ0) is 28.5. The number of carbonyl (C=O) groups is 3. The minimum Gasteiger partial charge on any atom is -0.483 e. The Hall–Kier alpha value is -3.65. The largest absolute Gasteiger partial charge is 0.483 e. The summed E-state index contributed by atoms with van der Waals surface area (Å²) in [6.07, 6.45) is 3.99. The normalized spacial score (nSPS) is 22.2. The van der Waals surface area contributed by atoms with Gasteiger partial charge in [0.25, 0.3) is 0 Å². The molecule has 39 heavy (non-hydrogen) atoms. The van der Waals surface area contributed by atoms with Crippen molar-refractivity contribution >= 4 is 23.8 Å². The maximum Gasteiger partial charge on any atom is 0.247 e. The summed E-state index contributed by atoms with van der Waals surface area (Å²) in [6, 6.07) is 14.4. The number of ether oxygens (including phenoxy) is 1. The summed E-state index contributed by atoms with van der Waals surface area (Å²) in [7, 11) is 3.71. The SMILES string of the molecule is CCC(C)C1NC(=O)C(NC(=O)C(C(C)CC)N(C)C)C(c2ccccc2)Oc2ccc(cc2)C=CNC1=O. The highest BCUT2D eigenvalue weighted by molar-refractivity contribution is 5.94. The van der Waals surface area contributed by atoms with Crippen LogP contribution < -0.4 is 20.7 Å². The fraction of sp³-hybridized carbons (Fsp3) is 0.452. The first-order chi connectivity index (χ1) is 18.7. The molecule has 8 nitrogen and oxygen atoms in total. The lowest BCUT2D eigenvalue weighted by molar-refractivity contribution is -0.136. The van der Waals surface area contributed by atoms with E-state index in [-0.39, 0.29) is 23.7 Å². The fourth-order valence-electron chi connectivity index (χ4n) is 4.77. The van der Waals surface area contributed by atoms with Crippen LogP contribution in [0.3, 0.4) is 0 Å². The van der Waals surface area contributed by atoms with Gasteiger partial charge in [0.1, 0.15) is 17.8 Å². The second kappa shape index (κ2) is 13.9. The third kappa shape index (κ3) is 7.69. The molecule has 3 N–H and O–H groups in total. The molecule has 210 valence electrons. The minimum absolute atomic E-state index is 0.0515. The van der Waals surface area contributed by atoms with Crippen LogP contribution in [0.15, 0.2) is 60.8 Å². The Bertz CT molecular complexity index is 1130. The van der Waals surface area contributed by atoms with E-state index in [0.717, 1.165) is 17.5 Å². The van der Waals surface area contributed by atoms with Gasteiger partial charge >= 0.3 is 0 Å². The molecular weight excluding hydrogens is 492 g/mol. The van der Waals surface area contributed by atoms with E-state index in [2.05, 4.69) is 16.0 Å². The van der Waals surface area contributed by atoms with Crippen LogP contribution in [0.1, 0.15) is 57.8 Å². The smallest absolute Gasteiger partial charge is 0.247 e. The third-order valence-corrected chi connectivity index (χ3v) is 7.46. The van der Waals surface area contributed by atoms with Gasteiger partial charge in [-0.15, -0.1) is 0 Å². The average Bonchev–Trinajstić information content (AvgIpc) is 2.93. The van der Waals surface area contributed by atoms with Crippen LogP contribution in [0, 0.1) is 11.8 Å². The summed E-state index contributed by atoms with van der Waals surface area (Å²) in [6.45, 7) is 7.93. The summed E-state index contributed by atoms with van der Waals surface area (Å²) in [5.74, 6) is -0.624. The molecule has 2 aliphatic heterocycles. The number of carbonyl (C=O) groups excluding carboxylic acids is 3. The van der Waals surface area contributed by atoms with Crippen molar-refractivity contribution in [1.82, 2.24) is 20.9 Å². The first kappa shape index (κ1) is 29.9. The van der Waals surface area contributed by atoms with Gasteiger partial charge in [0.05, 0.1) is 6.04 Å². The van der Waals surface area contributed by atoms with E-state index >= 15 is 0 Å². The van der Waals surface area contributed by atoms with Crippen LogP contribution in [0.4, 0.5) is 0 Å². The first-order valence-corrected chi connectivity index (χ1v) is 13.7. The summed E-state index contributed by atoms with van der Waals surface area (Å²) >= 11 is 0. The van der Waals surface area contributed by atoms with Crippen LogP contribution in [0.25, 0.3) is 6.08 Å². The van der Waals surface area contributed by atoms with Gasteiger partial charge < -0.3 is 20.7 Å². The first-order valence-electron chi connectivity index (χ1n) is 13.7. The van der Waals surface area contributed by atoms with E-state index in [1.165, 1.54) is 0 Å². The van der Waals surface area contributed by atoms with Crippen molar-refractivity contribution in [3.63, 3.8) is 0 Å². The zero-order valence-electron chi connectivity index (χ0n) is 23.8. The maximum atomic E-state index is 14.0. The van der Waals surface area contributed by atoms with Crippen molar-refractivity contribution in [1.29, 1.82) is 0 Å². The fourth-order valence-corrected chi connectivity index (χ4v) is 4.77. The standard InChI is InChI=1S/C31H42N4O4/c1-7-20(3)25-29(36)32-19-18-22-14-16-24(17-15-22)39-28(23-12-10-9-11-13-23)26(30(37)33-25)34-31(38)27(35(5)6)21(4)8-2/h9-21,25-28H,7-8H2,1-6H3,(H,32,36)(H,33,37)(H,34,38). The number of fused-ring (bicyclic) bond motifs is 10. The molecule has 2 aliphatic rings. The molecule has 0 saturated carbocycles. The lowest BCUT2D eigenvalue weighted by Crippen LogP contribution is -2.60. The Kier molecular flexibility index (Phi) is 10.7. The molecule has 8 heteroatoms. The van der Waals surface area contributed by atoms with Crippen molar-refractivity contribution in [2.45, 2.75) is 64.8 Å². The van der Waals surface area contributed by atoms with Crippen molar-refractivity contribution in [3.05, 3.63) is 71.9 Å². The van der Waals surface area contributed by atoms with E-state index < -0.39 is 30.1 Å². The van der Waals surface area contributed by atoms with E-state index in [4.69, 9.17) is 4.74 Å². The number of rotatable bonds is 8. The number of nitrogens with one attached hydrogen (secondary N) is 3. The molecule has 0 radical (unpaired) electrons. The van der Waals surface area contributed by atoms with Gasteiger partial charge in [-0.1, -0.05) is 83.0 Å². The molecule has 2 aromatic rings. The lowest BCUT2D eigenvalue weighted by Gasteiger charge is -2.34. The van der Waals surface area contributed by atoms with E-state index in [0.29, 0.717) is 12.2 Å². The second-order valence-electron chi connectivity index (χ2n) is 10.5. The van der Waals surface area contributed by atoms with Crippen molar-refractivity contribution in [3.8, 4) is 5.75 Å². The van der Waals surface area contributed by atoms with Gasteiger partial charge in [0.2, 0.25) is 17.7 Å². The van der Waals surface area contributed by atoms with Crippen molar-refractivity contribution in [2.24, 2.45) is 11.8 Å². The molecule has 2 aromatic carbocycles. The second-order valence-corrected chi connectivity index (χ2v) is 10.5. The minimum atomic E-state index is -1.11. The molecule has 0 spiro atoms. The van der Waals surface area contributed by atoms with Gasteiger partial charge in [-0.25, -0.2) is 0 Å². The van der Waals surface area contributed by atoms with E-state index in [1.807, 2.05) is 101 Å². The van der Waals surface area contributed by atoms with Gasteiger partial charge in [0.15, 0.2) is 6.10 Å². The molecule has 6 atom stereocenters. The molecule has 2 bridgehead atoms. The Labute approximate surface area is 232 Å². The van der Waals surface area contributed by atoms with Gasteiger partial charge in [-0.05, 0) is 55.3 Å². The van der Waals surface area contributed by atoms with Crippen LogP contribution in [0.2, 0.25) is 0 Å². The molecule has 0 aromatic heterocycles. The molecular formula is C31H42N4O4. The summed E-state index contributed by atoms with van der Waals surface area (Å²) in [5.41, 5.74) is 1.61. The Morgan fingerprint density at radius 3 is 2.23 bits per heavy atom. The third-order valence-electron chi connectivity index (χ3n) is 7.46. The molecule has 6 unspecified atom stereocenters. The van der Waals surface area contributed by atoms with Gasteiger partial charge in [0, 0.05) is 6.20 Å². The molecule has 0 fully saturated rings. The maximum absolute atomic E-state index is 14.0. The number of hydrogen-bond acceptors (Lipinski definition) is 5. The molecule has 0 aliphatic carbocycles. The van der Waals surface area contributed by atoms with E-state index in [1.54, 1.807) is 12.3 Å². The number of benzene rings is 2. The van der Waals surface area contributed by atoms with Gasteiger partial charge in [-0.3, -0.25) is 19.3 Å². The highest BCUT2D eigenvalue weighted by atomic mass is 16.5. The molecule has 2 heterocycles. The van der Waals surface area contributed by atoms with Crippen molar-refractivity contribution in [2.75, 3.05) is 14.1 Å². The zero-order valence-corrected chi connectivity index (χ0v) is 23.8. The Balaban J connectivity index is 2.13. The molecule has 4 rings (SSSR count). The topological polar surface area (TPSA) is 99.8 Å². The molecule has 0 saturated heterocycles. The van der Waals surface area contributed by atoms with Gasteiger partial charge in [-0.2, -0.15) is 0 Å². The van der Waals surface area contributed by atoms with E-state index in [9.17, 15) is 14.4 Å². The summed E-state index contributed by atoms with van der Waals surface area (Å²) < 4.78 is 6.44. The number of hydrogen-bond donors (Lipinski definition) is 3. The summed E-state index contributed by atoms with van der Waals surface area (Å²) in [5, 5.41) is 8.75. The average molecular weight is 535 g/mol. The van der Waals surface area contributed by atoms with Crippen LogP contribution in [0.5, 0.6) is 5.75 Å². The predicted octanol–water partition coefficient (Wildman–Crippen LogP) is 3.90. The predicted molar refractivity (Wildman–Crippen MR) is 154 cm³/mol. The van der Waals surface area contributed by atoms with Crippen LogP contribution >= 0.6 is 0 Å². The Morgan fingerprint density at radius 2 is 1.64 bits per heavy atom. The quantitative estimate of drug-likeness (QED) is 0.477. The van der Waals surface area contributed by atoms with Crippen LogP contribution in [-0.2, 0) is 14.4 Å². The number of nitrogens with zero attached hydrogens (tertiary/aromatic N) is 1. The van der Waals surface area contributed by atoms with Crippen molar-refractivity contribution < 1.29 is 19.1 Å². The Morgan fingerprint density at radius 1 is 0.974 bits per heavy atom. The number of amides is 3. The summed E-state index contributed by atoms with van der Waals surface area (Å²) in [4.78, 5) is 42.8. The lowest BCUT2D eigenvalue weighted by atomic mass is 9.94. The highest BCUT2D eigenvalue weighted by Crippen LogP contribution is 2.27. The van der Waals surface area contributed by atoms with Crippen LogP contribution in [-0.4, -0.2) is 54.8 Å². The number of likely N-dealkylation sites (N-methyl/N-ethyl adjacent to an activating group) is 1. The highest BCUT2D eigenvalue weighted by Gasteiger charge is 2.38.